The number of carbonyl (C=O) groups is 1. The highest BCUT2D eigenvalue weighted by molar-refractivity contribution is 9.10. The van der Waals surface area contributed by atoms with Gasteiger partial charge in [-0.15, -0.1) is 11.6 Å². The standard InChI is InChI=1S/C11H10BrClFNO/c12-9-3-7-1-2-15(11(16)5-13)6-8(7)4-10(9)14/h3-4H,1-2,5-6H2. The highest BCUT2D eigenvalue weighted by atomic mass is 79.9. The van der Waals surface area contributed by atoms with Crippen molar-refractivity contribution in [3.63, 3.8) is 0 Å². The van der Waals surface area contributed by atoms with E-state index in [0.29, 0.717) is 17.6 Å². The maximum Gasteiger partial charge on any atom is 0.237 e. The molecule has 2 nitrogen and oxygen atoms in total. The van der Waals surface area contributed by atoms with Crippen LogP contribution in [0.1, 0.15) is 11.1 Å². The summed E-state index contributed by atoms with van der Waals surface area (Å²) in [5.74, 6) is -0.413. The highest BCUT2D eigenvalue weighted by Crippen LogP contribution is 2.25. The second-order valence-electron chi connectivity index (χ2n) is 3.73. The molecular formula is C11H10BrClFNO. The summed E-state index contributed by atoms with van der Waals surface area (Å²) in [7, 11) is 0. The quantitative estimate of drug-likeness (QED) is 0.731. The lowest BCUT2D eigenvalue weighted by Gasteiger charge is -2.28. The van der Waals surface area contributed by atoms with Gasteiger partial charge < -0.3 is 4.90 Å². The molecule has 0 spiro atoms. The number of amides is 1. The summed E-state index contributed by atoms with van der Waals surface area (Å²) in [6, 6.07) is 3.26. The van der Waals surface area contributed by atoms with E-state index in [1.165, 1.54) is 6.07 Å². The molecule has 0 N–H and O–H groups in total. The molecule has 0 unspecified atom stereocenters. The van der Waals surface area contributed by atoms with Crippen molar-refractivity contribution in [2.75, 3.05) is 12.4 Å². The lowest BCUT2D eigenvalue weighted by Crippen LogP contribution is -2.36. The van der Waals surface area contributed by atoms with Gasteiger partial charge in [0, 0.05) is 13.1 Å². The van der Waals surface area contributed by atoms with Gasteiger partial charge in [0.25, 0.3) is 0 Å². The fourth-order valence-corrected chi connectivity index (χ4v) is 2.41. The Balaban J connectivity index is 2.27. The van der Waals surface area contributed by atoms with Crippen LogP contribution in [0.15, 0.2) is 16.6 Å². The van der Waals surface area contributed by atoms with E-state index in [4.69, 9.17) is 11.6 Å². The number of benzene rings is 1. The number of carbonyl (C=O) groups excluding carboxylic acids is 1. The van der Waals surface area contributed by atoms with Crippen molar-refractivity contribution in [2.24, 2.45) is 0 Å². The Bertz CT molecular complexity index is 438. The summed E-state index contributed by atoms with van der Waals surface area (Å²) in [6.07, 6.45) is 0.747. The Morgan fingerprint density at radius 1 is 1.50 bits per heavy atom. The third-order valence-corrected chi connectivity index (χ3v) is 3.56. The molecule has 0 aliphatic carbocycles. The SMILES string of the molecule is O=C(CCl)N1CCc2cc(Br)c(F)cc2C1. The number of alkyl halides is 1. The van der Waals surface area contributed by atoms with Crippen LogP contribution < -0.4 is 0 Å². The van der Waals surface area contributed by atoms with Gasteiger partial charge in [-0.25, -0.2) is 4.39 Å². The zero-order valence-electron chi connectivity index (χ0n) is 8.47. The number of halogens is 3. The van der Waals surface area contributed by atoms with Crippen molar-refractivity contribution >= 4 is 33.4 Å². The van der Waals surface area contributed by atoms with E-state index in [1.54, 1.807) is 11.0 Å². The third kappa shape index (κ3) is 2.23. The normalized spacial score (nSPS) is 14.8. The van der Waals surface area contributed by atoms with Gasteiger partial charge in [-0.3, -0.25) is 4.79 Å². The first kappa shape index (κ1) is 11.9. The summed E-state index contributed by atoms with van der Waals surface area (Å²) in [5.41, 5.74) is 1.96. The van der Waals surface area contributed by atoms with Crippen molar-refractivity contribution in [1.82, 2.24) is 4.90 Å². The number of fused-ring (bicyclic) bond motifs is 1. The van der Waals surface area contributed by atoms with E-state index in [9.17, 15) is 9.18 Å². The lowest BCUT2D eigenvalue weighted by atomic mass is 10.00. The Morgan fingerprint density at radius 2 is 2.25 bits per heavy atom. The van der Waals surface area contributed by atoms with Crippen LogP contribution in [0, 0.1) is 5.82 Å². The summed E-state index contributed by atoms with van der Waals surface area (Å²) >= 11 is 8.65. The van der Waals surface area contributed by atoms with Crippen molar-refractivity contribution in [3.05, 3.63) is 33.5 Å². The second-order valence-corrected chi connectivity index (χ2v) is 4.86. The molecule has 0 atom stereocenters. The molecule has 1 amide bonds. The molecular weight excluding hydrogens is 296 g/mol. The topological polar surface area (TPSA) is 20.3 Å². The number of rotatable bonds is 1. The molecule has 0 saturated carbocycles. The molecule has 5 heteroatoms. The molecule has 1 heterocycles. The van der Waals surface area contributed by atoms with Crippen LogP contribution in [0.4, 0.5) is 4.39 Å². The van der Waals surface area contributed by atoms with Crippen molar-refractivity contribution in [2.45, 2.75) is 13.0 Å². The van der Waals surface area contributed by atoms with Gasteiger partial charge in [0.2, 0.25) is 5.91 Å². The molecule has 86 valence electrons. The van der Waals surface area contributed by atoms with Crippen LogP contribution in [-0.4, -0.2) is 23.2 Å². The van der Waals surface area contributed by atoms with E-state index in [1.807, 2.05) is 0 Å². The first-order valence-electron chi connectivity index (χ1n) is 4.92. The number of hydrogen-bond acceptors (Lipinski definition) is 1. The molecule has 0 saturated heterocycles. The van der Waals surface area contributed by atoms with E-state index in [0.717, 1.165) is 17.5 Å². The minimum atomic E-state index is -0.293. The Labute approximate surface area is 107 Å². The summed E-state index contributed by atoms with van der Waals surface area (Å²) in [5, 5.41) is 0. The average Bonchev–Trinajstić information content (AvgIpc) is 2.29. The van der Waals surface area contributed by atoms with Crippen LogP contribution in [0.25, 0.3) is 0 Å². The lowest BCUT2D eigenvalue weighted by molar-refractivity contribution is -0.129. The summed E-state index contributed by atoms with van der Waals surface area (Å²) in [6.45, 7) is 1.10. The van der Waals surface area contributed by atoms with Crippen LogP contribution in [0.2, 0.25) is 0 Å². The van der Waals surface area contributed by atoms with Gasteiger partial charge in [0.05, 0.1) is 4.47 Å². The monoisotopic (exact) mass is 305 g/mol. The van der Waals surface area contributed by atoms with E-state index in [2.05, 4.69) is 15.9 Å². The molecule has 0 aromatic heterocycles. The maximum atomic E-state index is 13.3. The third-order valence-electron chi connectivity index (χ3n) is 2.72. The maximum absolute atomic E-state index is 13.3. The van der Waals surface area contributed by atoms with Crippen LogP contribution in [0.5, 0.6) is 0 Å². The Hall–Kier alpha value is -0.610. The zero-order chi connectivity index (χ0) is 11.7. The van der Waals surface area contributed by atoms with E-state index >= 15 is 0 Å². The van der Waals surface area contributed by atoms with Crippen LogP contribution >= 0.6 is 27.5 Å². The fourth-order valence-electron chi connectivity index (χ4n) is 1.85. The molecule has 1 aromatic carbocycles. The predicted molar refractivity (Wildman–Crippen MR) is 63.9 cm³/mol. The van der Waals surface area contributed by atoms with Crippen molar-refractivity contribution in [1.29, 1.82) is 0 Å². The van der Waals surface area contributed by atoms with Gasteiger partial charge in [-0.2, -0.15) is 0 Å². The van der Waals surface area contributed by atoms with E-state index < -0.39 is 0 Å². The van der Waals surface area contributed by atoms with Crippen LogP contribution in [0.3, 0.4) is 0 Å². The average molecular weight is 307 g/mol. The minimum Gasteiger partial charge on any atom is -0.337 e. The van der Waals surface area contributed by atoms with Gasteiger partial charge in [0.1, 0.15) is 11.7 Å². The summed E-state index contributed by atoms with van der Waals surface area (Å²) < 4.78 is 13.8. The van der Waals surface area contributed by atoms with Gasteiger partial charge in [-0.05, 0) is 45.6 Å². The zero-order valence-corrected chi connectivity index (χ0v) is 10.8. The highest BCUT2D eigenvalue weighted by Gasteiger charge is 2.21. The Kier molecular flexibility index (Phi) is 3.50. The first-order chi connectivity index (χ1) is 7.61. The van der Waals surface area contributed by atoms with Gasteiger partial charge in [-0.1, -0.05) is 0 Å². The second kappa shape index (κ2) is 4.72. The fraction of sp³-hybridized carbons (Fsp3) is 0.364. The largest absolute Gasteiger partial charge is 0.337 e. The van der Waals surface area contributed by atoms with E-state index in [-0.39, 0.29) is 17.6 Å². The molecule has 1 aliphatic rings. The Morgan fingerprint density at radius 3 is 2.94 bits per heavy atom. The van der Waals surface area contributed by atoms with Crippen LogP contribution in [-0.2, 0) is 17.8 Å². The number of nitrogens with zero attached hydrogens (tertiary/aromatic N) is 1. The van der Waals surface area contributed by atoms with Gasteiger partial charge in [0.15, 0.2) is 0 Å². The van der Waals surface area contributed by atoms with Crippen molar-refractivity contribution < 1.29 is 9.18 Å². The molecule has 1 aromatic rings. The first-order valence-corrected chi connectivity index (χ1v) is 6.25. The smallest absolute Gasteiger partial charge is 0.237 e. The molecule has 1 aliphatic heterocycles. The minimum absolute atomic E-state index is 0.0195. The molecule has 0 bridgehead atoms. The predicted octanol–water partition coefficient (Wildman–Crippen LogP) is 2.71. The number of hydrogen-bond donors (Lipinski definition) is 0. The molecule has 16 heavy (non-hydrogen) atoms. The molecule has 0 radical (unpaired) electrons. The molecule has 0 fully saturated rings. The summed E-state index contributed by atoms with van der Waals surface area (Å²) in [4.78, 5) is 13.1. The van der Waals surface area contributed by atoms with Gasteiger partial charge >= 0.3 is 0 Å². The molecule has 2 rings (SSSR count). The van der Waals surface area contributed by atoms with Crippen molar-refractivity contribution in [3.8, 4) is 0 Å².